The lowest BCUT2D eigenvalue weighted by molar-refractivity contribution is 0.0223. The maximum Gasteiger partial charge on any atom is 0.190 e. The van der Waals surface area contributed by atoms with Crippen LogP contribution in [0.25, 0.3) is 0 Å². The molecule has 1 atom stereocenters. The molecule has 0 aliphatic carbocycles. The van der Waals surface area contributed by atoms with Crippen molar-refractivity contribution in [1.29, 1.82) is 0 Å². The maximum atomic E-state index is 14.3. The van der Waals surface area contributed by atoms with E-state index in [0.29, 0.717) is 18.0 Å². The van der Waals surface area contributed by atoms with E-state index in [9.17, 15) is 8.78 Å². The highest BCUT2D eigenvalue weighted by atomic mass is 19.1. The number of likely N-dealkylation sites (tertiary alicyclic amines) is 1. The van der Waals surface area contributed by atoms with Crippen LogP contribution in [0.1, 0.15) is 18.4 Å². The zero-order valence-corrected chi connectivity index (χ0v) is 14.3. The molecule has 2 aliphatic heterocycles. The molecule has 2 saturated heterocycles. The second-order valence-corrected chi connectivity index (χ2v) is 6.71. The summed E-state index contributed by atoms with van der Waals surface area (Å²) < 4.78 is 38.1. The lowest BCUT2D eigenvalue weighted by Crippen LogP contribution is -2.44. The van der Waals surface area contributed by atoms with Gasteiger partial charge in [-0.05, 0) is 31.4 Å². The molecule has 24 heavy (non-hydrogen) atoms. The topological polar surface area (TPSA) is 24.9 Å². The molecule has 4 nitrogen and oxygen atoms in total. The Hall–Kier alpha value is -1.24. The molecule has 1 aromatic rings. The molecule has 0 saturated carbocycles. The van der Waals surface area contributed by atoms with E-state index in [1.165, 1.54) is 25.7 Å². The first kappa shape index (κ1) is 17.6. The average Bonchev–Trinajstić information content (AvgIpc) is 2.59. The first-order chi connectivity index (χ1) is 11.7. The Balaban J connectivity index is 1.59. The molecular weight excluding hydrogens is 314 g/mol. The van der Waals surface area contributed by atoms with Gasteiger partial charge < -0.3 is 9.47 Å². The average molecular weight is 340 g/mol. The molecule has 0 spiro atoms. The molecule has 0 bridgehead atoms. The Labute approximate surface area is 142 Å². The second kappa shape index (κ2) is 8.23. The minimum atomic E-state index is -0.650. The fraction of sp³-hybridized carbons (Fsp3) is 0.667. The third-order valence-corrected chi connectivity index (χ3v) is 4.95. The van der Waals surface area contributed by atoms with E-state index in [1.807, 2.05) is 0 Å². The monoisotopic (exact) mass is 340 g/mol. The largest absolute Gasteiger partial charge is 0.491 e. The summed E-state index contributed by atoms with van der Waals surface area (Å²) in [7, 11) is 1.30. The van der Waals surface area contributed by atoms with Crippen molar-refractivity contribution >= 4 is 0 Å². The highest BCUT2D eigenvalue weighted by Gasteiger charge is 2.24. The van der Waals surface area contributed by atoms with Gasteiger partial charge in [0.05, 0.1) is 20.3 Å². The van der Waals surface area contributed by atoms with Crippen molar-refractivity contribution in [2.45, 2.75) is 19.4 Å². The van der Waals surface area contributed by atoms with Gasteiger partial charge in [-0.15, -0.1) is 0 Å². The third kappa shape index (κ3) is 4.23. The van der Waals surface area contributed by atoms with E-state index in [-0.39, 0.29) is 5.75 Å². The van der Waals surface area contributed by atoms with E-state index < -0.39 is 11.6 Å². The predicted molar refractivity (Wildman–Crippen MR) is 88.2 cm³/mol. The predicted octanol–water partition coefficient (Wildman–Crippen LogP) is 2.52. The molecule has 2 aliphatic rings. The number of hydrogen-bond donors (Lipinski definition) is 0. The van der Waals surface area contributed by atoms with Crippen molar-refractivity contribution in [2.24, 2.45) is 5.92 Å². The zero-order valence-electron chi connectivity index (χ0n) is 14.3. The van der Waals surface area contributed by atoms with Crippen molar-refractivity contribution in [1.82, 2.24) is 9.80 Å². The Morgan fingerprint density at radius 2 is 1.96 bits per heavy atom. The Morgan fingerprint density at radius 3 is 2.71 bits per heavy atom. The fourth-order valence-corrected chi connectivity index (χ4v) is 3.72. The molecule has 2 fully saturated rings. The van der Waals surface area contributed by atoms with Crippen LogP contribution < -0.4 is 4.74 Å². The molecule has 0 N–H and O–H groups in total. The number of ether oxygens (including phenoxy) is 2. The Kier molecular flexibility index (Phi) is 6.03. The number of rotatable bonds is 5. The minimum absolute atomic E-state index is 0.283. The fourth-order valence-electron chi connectivity index (χ4n) is 3.72. The highest BCUT2D eigenvalue weighted by Crippen LogP contribution is 2.27. The van der Waals surface area contributed by atoms with Crippen molar-refractivity contribution < 1.29 is 18.3 Å². The van der Waals surface area contributed by atoms with Crippen LogP contribution in [-0.2, 0) is 11.3 Å². The van der Waals surface area contributed by atoms with Crippen molar-refractivity contribution in [2.75, 3.05) is 53.0 Å². The maximum absolute atomic E-state index is 14.3. The van der Waals surface area contributed by atoms with Gasteiger partial charge in [-0.25, -0.2) is 8.78 Å². The Morgan fingerprint density at radius 1 is 1.17 bits per heavy atom. The van der Waals surface area contributed by atoms with Gasteiger partial charge in [-0.2, -0.15) is 0 Å². The number of morpholine rings is 1. The zero-order chi connectivity index (χ0) is 16.9. The molecule has 134 valence electrons. The normalized spacial score (nSPS) is 23.4. The summed E-state index contributed by atoms with van der Waals surface area (Å²) in [5.74, 6) is -0.910. The molecule has 0 radical (unpaired) electrons. The van der Waals surface area contributed by atoms with E-state index in [2.05, 4.69) is 9.80 Å². The number of nitrogens with zero attached hydrogens (tertiary/aromatic N) is 2. The number of halogens is 2. The summed E-state index contributed by atoms with van der Waals surface area (Å²) in [6.07, 6.45) is 2.33. The quantitative estimate of drug-likeness (QED) is 0.822. The molecule has 0 aromatic heterocycles. The van der Waals surface area contributed by atoms with E-state index in [4.69, 9.17) is 9.47 Å². The Bertz CT molecular complexity index is 550. The lowest BCUT2D eigenvalue weighted by Gasteiger charge is -2.36. The number of benzene rings is 1. The number of hydrogen-bond acceptors (Lipinski definition) is 4. The van der Waals surface area contributed by atoms with Crippen LogP contribution in [0.5, 0.6) is 5.75 Å². The van der Waals surface area contributed by atoms with Crippen molar-refractivity contribution in [3.05, 3.63) is 29.3 Å². The molecule has 3 rings (SSSR count). The van der Waals surface area contributed by atoms with Gasteiger partial charge in [0.25, 0.3) is 0 Å². The molecule has 0 unspecified atom stereocenters. The SMILES string of the molecule is COc1c(F)ccc(CN2CCC[C@@H](CN3CCOCC3)C2)c1F. The molecule has 2 heterocycles. The lowest BCUT2D eigenvalue weighted by atomic mass is 9.96. The first-order valence-electron chi connectivity index (χ1n) is 8.70. The van der Waals surface area contributed by atoms with Crippen molar-refractivity contribution in [3.63, 3.8) is 0 Å². The molecular formula is C18H26F2N2O2. The van der Waals surface area contributed by atoms with Crippen LogP contribution in [0.15, 0.2) is 12.1 Å². The number of methoxy groups -OCH3 is 1. The molecule has 6 heteroatoms. The van der Waals surface area contributed by atoms with Gasteiger partial charge >= 0.3 is 0 Å². The first-order valence-corrected chi connectivity index (χ1v) is 8.70. The van der Waals surface area contributed by atoms with Crippen LogP contribution in [0.4, 0.5) is 8.78 Å². The van der Waals surface area contributed by atoms with Crippen LogP contribution in [0, 0.1) is 17.6 Å². The second-order valence-electron chi connectivity index (χ2n) is 6.71. The van der Waals surface area contributed by atoms with Crippen molar-refractivity contribution in [3.8, 4) is 5.75 Å². The van der Waals surface area contributed by atoms with Gasteiger partial charge in [0.15, 0.2) is 17.4 Å². The van der Waals surface area contributed by atoms with Crippen LogP contribution in [0.2, 0.25) is 0 Å². The summed E-state index contributed by atoms with van der Waals surface area (Å²) in [5, 5.41) is 0. The van der Waals surface area contributed by atoms with E-state index >= 15 is 0 Å². The van der Waals surface area contributed by atoms with Crippen LogP contribution >= 0.6 is 0 Å². The minimum Gasteiger partial charge on any atom is -0.491 e. The van der Waals surface area contributed by atoms with Crippen LogP contribution in [-0.4, -0.2) is 62.8 Å². The number of piperidine rings is 1. The van der Waals surface area contributed by atoms with Gasteiger partial charge in [-0.1, -0.05) is 6.07 Å². The molecule has 1 aromatic carbocycles. The highest BCUT2D eigenvalue weighted by molar-refractivity contribution is 5.32. The summed E-state index contributed by atoms with van der Waals surface area (Å²) in [6, 6.07) is 2.81. The standard InChI is InChI=1S/C18H26F2N2O2/c1-23-18-16(19)5-4-15(17(18)20)13-22-6-2-3-14(12-22)11-21-7-9-24-10-8-21/h4-5,14H,2-3,6-13H2,1H3/t14-/m0/s1. The van der Waals surface area contributed by atoms with Crippen LogP contribution in [0.3, 0.4) is 0 Å². The molecule has 0 amide bonds. The van der Waals surface area contributed by atoms with Gasteiger partial charge in [0.2, 0.25) is 0 Å². The van der Waals surface area contributed by atoms with Gasteiger partial charge in [0, 0.05) is 38.3 Å². The van der Waals surface area contributed by atoms with E-state index in [1.54, 1.807) is 0 Å². The third-order valence-electron chi connectivity index (χ3n) is 4.95. The summed E-state index contributed by atoms with van der Waals surface area (Å²) in [6.45, 7) is 7.13. The van der Waals surface area contributed by atoms with Gasteiger partial charge in [-0.3, -0.25) is 9.80 Å². The summed E-state index contributed by atoms with van der Waals surface area (Å²) in [4.78, 5) is 4.73. The van der Waals surface area contributed by atoms with Gasteiger partial charge in [0.1, 0.15) is 0 Å². The summed E-state index contributed by atoms with van der Waals surface area (Å²) in [5.41, 5.74) is 0.500. The smallest absolute Gasteiger partial charge is 0.190 e. The van der Waals surface area contributed by atoms with E-state index in [0.717, 1.165) is 52.4 Å². The summed E-state index contributed by atoms with van der Waals surface area (Å²) >= 11 is 0.